The SMILES string of the molecule is Cc1oc(O)c(CC2(C)C(=O)OC(C)C2C)c1C. The summed E-state index contributed by atoms with van der Waals surface area (Å²) >= 11 is 0. The van der Waals surface area contributed by atoms with Crippen molar-refractivity contribution in [2.45, 2.75) is 47.1 Å². The van der Waals surface area contributed by atoms with Gasteiger partial charge in [-0.2, -0.15) is 0 Å². The summed E-state index contributed by atoms with van der Waals surface area (Å²) in [4.78, 5) is 12.0. The first kappa shape index (κ1) is 13.0. The maximum Gasteiger partial charge on any atom is 0.312 e. The maximum absolute atomic E-state index is 12.0. The second-order valence-corrected chi connectivity index (χ2v) is 5.56. The van der Waals surface area contributed by atoms with Gasteiger partial charge in [0, 0.05) is 11.5 Å². The Bertz CT molecular complexity index is 488. The smallest absolute Gasteiger partial charge is 0.312 e. The predicted molar refractivity (Wildman–Crippen MR) is 66.4 cm³/mol. The van der Waals surface area contributed by atoms with E-state index in [1.54, 1.807) is 6.92 Å². The lowest BCUT2D eigenvalue weighted by molar-refractivity contribution is -0.147. The molecular formula is C14H20O4. The lowest BCUT2D eigenvalue weighted by Gasteiger charge is -2.24. The monoisotopic (exact) mass is 252 g/mol. The van der Waals surface area contributed by atoms with Crippen molar-refractivity contribution in [2.75, 3.05) is 0 Å². The van der Waals surface area contributed by atoms with Crippen LogP contribution in [-0.4, -0.2) is 17.2 Å². The van der Waals surface area contributed by atoms with Crippen LogP contribution in [-0.2, 0) is 16.0 Å². The highest BCUT2D eigenvalue weighted by atomic mass is 16.6. The Balaban J connectivity index is 2.36. The van der Waals surface area contributed by atoms with Gasteiger partial charge in [0.15, 0.2) is 0 Å². The van der Waals surface area contributed by atoms with Crippen LogP contribution in [0.4, 0.5) is 0 Å². The molecule has 0 aliphatic carbocycles. The van der Waals surface area contributed by atoms with E-state index in [1.807, 2.05) is 27.7 Å². The molecule has 3 unspecified atom stereocenters. The Labute approximate surface area is 107 Å². The summed E-state index contributed by atoms with van der Waals surface area (Å²) in [5.74, 6) is 0.531. The molecule has 1 aliphatic heterocycles. The van der Waals surface area contributed by atoms with Gasteiger partial charge in [0.1, 0.15) is 11.9 Å². The molecule has 0 aromatic carbocycles. The molecule has 4 heteroatoms. The predicted octanol–water partition coefficient (Wildman–Crippen LogP) is 2.73. The molecule has 3 atom stereocenters. The number of cyclic esters (lactones) is 1. The molecule has 0 bridgehead atoms. The van der Waals surface area contributed by atoms with E-state index in [9.17, 15) is 9.90 Å². The van der Waals surface area contributed by atoms with E-state index in [4.69, 9.17) is 9.15 Å². The molecule has 0 radical (unpaired) electrons. The van der Waals surface area contributed by atoms with Crippen LogP contribution < -0.4 is 0 Å². The number of aryl methyl sites for hydroxylation is 1. The summed E-state index contributed by atoms with van der Waals surface area (Å²) in [5.41, 5.74) is 1.03. The number of ether oxygens (including phenoxy) is 1. The summed E-state index contributed by atoms with van der Waals surface area (Å²) < 4.78 is 10.5. The topological polar surface area (TPSA) is 59.7 Å². The van der Waals surface area contributed by atoms with Gasteiger partial charge in [-0.3, -0.25) is 4.79 Å². The zero-order chi connectivity index (χ0) is 13.7. The molecule has 18 heavy (non-hydrogen) atoms. The lowest BCUT2D eigenvalue weighted by atomic mass is 9.73. The Morgan fingerprint density at radius 2 is 1.94 bits per heavy atom. The number of hydrogen-bond donors (Lipinski definition) is 1. The van der Waals surface area contributed by atoms with Crippen LogP contribution in [0.3, 0.4) is 0 Å². The highest BCUT2D eigenvalue weighted by Crippen LogP contribution is 2.44. The van der Waals surface area contributed by atoms with Gasteiger partial charge in [0.25, 0.3) is 5.95 Å². The highest BCUT2D eigenvalue weighted by Gasteiger charge is 2.50. The van der Waals surface area contributed by atoms with E-state index < -0.39 is 5.41 Å². The van der Waals surface area contributed by atoms with Crippen LogP contribution in [0, 0.1) is 25.2 Å². The fourth-order valence-electron chi connectivity index (χ4n) is 2.57. The molecular weight excluding hydrogens is 232 g/mol. The van der Waals surface area contributed by atoms with Crippen molar-refractivity contribution in [3.63, 3.8) is 0 Å². The number of carbonyl (C=O) groups excluding carboxylic acids is 1. The van der Waals surface area contributed by atoms with Crippen molar-refractivity contribution >= 4 is 5.97 Å². The van der Waals surface area contributed by atoms with Crippen LogP contribution in [0.15, 0.2) is 4.42 Å². The fraction of sp³-hybridized carbons (Fsp3) is 0.643. The third-order valence-corrected chi connectivity index (χ3v) is 4.50. The zero-order valence-corrected chi connectivity index (χ0v) is 11.5. The first-order valence-corrected chi connectivity index (χ1v) is 6.26. The minimum atomic E-state index is -0.599. The van der Waals surface area contributed by atoms with Crippen LogP contribution >= 0.6 is 0 Å². The molecule has 1 N–H and O–H groups in total. The van der Waals surface area contributed by atoms with Crippen molar-refractivity contribution in [2.24, 2.45) is 11.3 Å². The molecule has 0 saturated carbocycles. The number of carbonyl (C=O) groups is 1. The Morgan fingerprint density at radius 3 is 2.33 bits per heavy atom. The summed E-state index contributed by atoms with van der Waals surface area (Å²) in [6.07, 6.45) is 0.366. The van der Waals surface area contributed by atoms with Crippen LogP contribution in [0.1, 0.15) is 37.7 Å². The largest absolute Gasteiger partial charge is 0.480 e. The molecule has 0 spiro atoms. The Hall–Kier alpha value is -1.45. The quantitative estimate of drug-likeness (QED) is 0.822. The Kier molecular flexibility index (Phi) is 2.92. The molecule has 2 rings (SSSR count). The summed E-state index contributed by atoms with van der Waals surface area (Å²) in [5, 5.41) is 9.81. The summed E-state index contributed by atoms with van der Waals surface area (Å²) in [7, 11) is 0. The first-order chi connectivity index (χ1) is 8.27. The van der Waals surface area contributed by atoms with E-state index in [2.05, 4.69) is 0 Å². The normalized spacial score (nSPS) is 31.7. The second-order valence-electron chi connectivity index (χ2n) is 5.56. The van der Waals surface area contributed by atoms with Gasteiger partial charge in [-0.05, 0) is 39.7 Å². The number of esters is 1. The highest BCUT2D eigenvalue weighted by molar-refractivity contribution is 5.79. The molecule has 0 amide bonds. The molecule has 1 aromatic heterocycles. The minimum absolute atomic E-state index is 0.0780. The van der Waals surface area contributed by atoms with Gasteiger partial charge >= 0.3 is 5.97 Å². The van der Waals surface area contributed by atoms with Gasteiger partial charge in [0.05, 0.1) is 5.41 Å². The first-order valence-electron chi connectivity index (χ1n) is 6.26. The average Bonchev–Trinajstić information content (AvgIpc) is 2.63. The molecule has 1 aromatic rings. The van der Waals surface area contributed by atoms with Gasteiger partial charge in [0.2, 0.25) is 0 Å². The van der Waals surface area contributed by atoms with Crippen LogP contribution in [0.25, 0.3) is 0 Å². The Morgan fingerprint density at radius 1 is 1.33 bits per heavy atom. The zero-order valence-electron chi connectivity index (χ0n) is 11.5. The van der Waals surface area contributed by atoms with E-state index in [-0.39, 0.29) is 23.9 Å². The minimum Gasteiger partial charge on any atom is -0.480 e. The van der Waals surface area contributed by atoms with Crippen molar-refractivity contribution in [3.05, 3.63) is 16.9 Å². The van der Waals surface area contributed by atoms with Gasteiger partial charge < -0.3 is 14.3 Å². The molecule has 4 nitrogen and oxygen atoms in total. The number of furan rings is 1. The average molecular weight is 252 g/mol. The second kappa shape index (κ2) is 4.04. The number of aromatic hydroxyl groups is 1. The number of hydrogen-bond acceptors (Lipinski definition) is 4. The summed E-state index contributed by atoms with van der Waals surface area (Å²) in [6.45, 7) is 9.51. The van der Waals surface area contributed by atoms with Crippen molar-refractivity contribution in [3.8, 4) is 5.95 Å². The maximum atomic E-state index is 12.0. The van der Waals surface area contributed by atoms with Gasteiger partial charge in [-0.25, -0.2) is 0 Å². The molecule has 1 fully saturated rings. The third kappa shape index (κ3) is 1.71. The lowest BCUT2D eigenvalue weighted by Crippen LogP contribution is -2.32. The van der Waals surface area contributed by atoms with Gasteiger partial charge in [-0.15, -0.1) is 0 Å². The van der Waals surface area contributed by atoms with Crippen molar-refractivity contribution in [1.82, 2.24) is 0 Å². The molecule has 100 valence electrons. The van der Waals surface area contributed by atoms with Crippen LogP contribution in [0.2, 0.25) is 0 Å². The molecule has 2 heterocycles. The van der Waals surface area contributed by atoms with Crippen molar-refractivity contribution < 1.29 is 19.1 Å². The van der Waals surface area contributed by atoms with E-state index >= 15 is 0 Å². The van der Waals surface area contributed by atoms with Crippen molar-refractivity contribution in [1.29, 1.82) is 0 Å². The van der Waals surface area contributed by atoms with E-state index in [0.29, 0.717) is 17.7 Å². The third-order valence-electron chi connectivity index (χ3n) is 4.50. The van der Waals surface area contributed by atoms with E-state index in [0.717, 1.165) is 5.56 Å². The fourth-order valence-corrected chi connectivity index (χ4v) is 2.57. The van der Waals surface area contributed by atoms with Crippen LogP contribution in [0.5, 0.6) is 5.95 Å². The molecule has 1 saturated heterocycles. The van der Waals surface area contributed by atoms with E-state index in [1.165, 1.54) is 0 Å². The molecule has 1 aliphatic rings. The van der Waals surface area contributed by atoms with Gasteiger partial charge in [-0.1, -0.05) is 6.92 Å². The standard InChI is InChI=1S/C14H20O4/c1-7-9(3)17-12(15)11(7)6-14(5)8(2)10(4)18-13(14)16/h8,10,15H,6H2,1-5H3. The summed E-state index contributed by atoms with van der Waals surface area (Å²) in [6, 6.07) is 0. The number of rotatable bonds is 2.